The van der Waals surface area contributed by atoms with E-state index in [1.54, 1.807) is 24.5 Å². The number of nitrogens with zero attached hydrogens (tertiary/aromatic N) is 2. The summed E-state index contributed by atoms with van der Waals surface area (Å²) in [6.45, 7) is 2.05. The second-order valence-electron chi connectivity index (χ2n) is 4.96. The maximum atomic E-state index is 13.3. The number of halogens is 1. The van der Waals surface area contributed by atoms with Crippen LogP contribution < -0.4 is 5.73 Å². The highest BCUT2D eigenvalue weighted by atomic mass is 19.1. The van der Waals surface area contributed by atoms with E-state index in [-0.39, 0.29) is 5.82 Å². The summed E-state index contributed by atoms with van der Waals surface area (Å²) in [5, 5.41) is 0. The van der Waals surface area contributed by atoms with Gasteiger partial charge >= 0.3 is 0 Å². The topological polar surface area (TPSA) is 42.2 Å². The molecular weight excluding hydrogens is 253 g/mol. The smallest absolute Gasteiger partial charge is 0.123 e. The summed E-state index contributed by atoms with van der Waals surface area (Å²) in [6.07, 6.45) is 4.55. The molecule has 1 heterocycles. The lowest BCUT2D eigenvalue weighted by molar-refractivity contribution is 0.329. The molecule has 0 saturated carbocycles. The Morgan fingerprint density at radius 2 is 1.90 bits per heavy atom. The maximum absolute atomic E-state index is 13.3. The number of rotatable bonds is 6. The molecule has 0 unspecified atom stereocenters. The molecule has 0 aliphatic heterocycles. The summed E-state index contributed by atoms with van der Waals surface area (Å²) >= 11 is 0. The Hall–Kier alpha value is -1.78. The van der Waals surface area contributed by atoms with Crippen LogP contribution in [-0.2, 0) is 19.5 Å². The fourth-order valence-corrected chi connectivity index (χ4v) is 2.18. The van der Waals surface area contributed by atoms with Crippen LogP contribution in [0.15, 0.2) is 42.7 Å². The van der Waals surface area contributed by atoms with Crippen LogP contribution in [0.1, 0.15) is 16.7 Å². The van der Waals surface area contributed by atoms with E-state index in [2.05, 4.69) is 9.88 Å². The van der Waals surface area contributed by atoms with E-state index in [1.807, 2.05) is 19.2 Å². The molecule has 0 aliphatic rings. The zero-order valence-electron chi connectivity index (χ0n) is 11.7. The summed E-state index contributed by atoms with van der Waals surface area (Å²) in [4.78, 5) is 6.18. The number of nitrogens with two attached hydrogens (primary N) is 1. The molecule has 4 heteroatoms. The van der Waals surface area contributed by atoms with E-state index in [1.165, 1.54) is 11.6 Å². The second-order valence-corrected chi connectivity index (χ2v) is 4.96. The predicted octanol–water partition coefficient (Wildman–Crippen LogP) is 2.35. The Labute approximate surface area is 119 Å². The normalized spacial score (nSPS) is 11.0. The lowest BCUT2D eigenvalue weighted by atomic mass is 10.1. The fraction of sp³-hybridized carbons (Fsp3) is 0.312. The molecule has 1 aromatic carbocycles. The molecule has 0 radical (unpaired) electrons. The van der Waals surface area contributed by atoms with Crippen LogP contribution in [0, 0.1) is 5.82 Å². The highest BCUT2D eigenvalue weighted by Crippen LogP contribution is 2.13. The molecule has 2 aromatic rings. The Morgan fingerprint density at radius 1 is 1.15 bits per heavy atom. The van der Waals surface area contributed by atoms with Crippen LogP contribution in [-0.4, -0.2) is 23.5 Å². The van der Waals surface area contributed by atoms with E-state index in [4.69, 9.17) is 5.73 Å². The van der Waals surface area contributed by atoms with Crippen molar-refractivity contribution >= 4 is 0 Å². The Morgan fingerprint density at radius 3 is 2.60 bits per heavy atom. The van der Waals surface area contributed by atoms with Crippen LogP contribution in [0.4, 0.5) is 4.39 Å². The highest BCUT2D eigenvalue weighted by Gasteiger charge is 2.06. The van der Waals surface area contributed by atoms with Crippen LogP contribution in [0.2, 0.25) is 0 Å². The summed E-state index contributed by atoms with van der Waals surface area (Å²) in [6, 6.07) is 8.83. The highest BCUT2D eigenvalue weighted by molar-refractivity contribution is 5.27. The van der Waals surface area contributed by atoms with Crippen molar-refractivity contribution in [1.29, 1.82) is 0 Å². The molecule has 3 nitrogen and oxygen atoms in total. The fourth-order valence-electron chi connectivity index (χ4n) is 2.18. The van der Waals surface area contributed by atoms with Crippen LogP contribution in [0.5, 0.6) is 0 Å². The van der Waals surface area contributed by atoms with Gasteiger partial charge < -0.3 is 10.6 Å². The maximum Gasteiger partial charge on any atom is 0.123 e. The van der Waals surface area contributed by atoms with Gasteiger partial charge in [0.05, 0.1) is 0 Å². The van der Waals surface area contributed by atoms with Gasteiger partial charge in [0.15, 0.2) is 0 Å². The van der Waals surface area contributed by atoms with E-state index in [9.17, 15) is 4.39 Å². The van der Waals surface area contributed by atoms with Crippen molar-refractivity contribution in [2.45, 2.75) is 19.5 Å². The average Bonchev–Trinajstić information content (AvgIpc) is 2.46. The Bertz CT molecular complexity index is 543. The number of benzene rings is 1. The quantitative estimate of drug-likeness (QED) is 0.878. The van der Waals surface area contributed by atoms with Gasteiger partial charge in [-0.15, -0.1) is 0 Å². The van der Waals surface area contributed by atoms with Crippen LogP contribution >= 0.6 is 0 Å². The first kappa shape index (κ1) is 14.6. The molecule has 0 saturated heterocycles. The van der Waals surface area contributed by atoms with Gasteiger partial charge in [0.1, 0.15) is 5.82 Å². The Balaban J connectivity index is 1.94. The number of likely N-dealkylation sites (N-methyl/N-ethyl adjacent to an activating group) is 1. The molecule has 0 atom stereocenters. The van der Waals surface area contributed by atoms with Crippen molar-refractivity contribution in [3.63, 3.8) is 0 Å². The molecule has 0 amide bonds. The molecule has 20 heavy (non-hydrogen) atoms. The zero-order chi connectivity index (χ0) is 14.4. The molecular formula is C16H20FN3. The third-order valence-electron chi connectivity index (χ3n) is 3.36. The molecule has 0 bridgehead atoms. The van der Waals surface area contributed by atoms with Gasteiger partial charge in [-0.2, -0.15) is 0 Å². The van der Waals surface area contributed by atoms with Gasteiger partial charge in [-0.1, -0.05) is 6.07 Å². The van der Waals surface area contributed by atoms with Crippen molar-refractivity contribution in [2.75, 3.05) is 13.6 Å². The first-order valence-electron chi connectivity index (χ1n) is 6.74. The Kier molecular flexibility index (Phi) is 5.21. The van der Waals surface area contributed by atoms with E-state index in [0.717, 1.165) is 24.1 Å². The number of hydrogen-bond donors (Lipinski definition) is 1. The van der Waals surface area contributed by atoms with Crippen LogP contribution in [0.3, 0.4) is 0 Å². The molecule has 2 rings (SSSR count). The van der Waals surface area contributed by atoms with Gasteiger partial charge in [-0.3, -0.25) is 4.98 Å². The summed E-state index contributed by atoms with van der Waals surface area (Å²) in [5.74, 6) is -0.209. The molecule has 0 fully saturated rings. The van der Waals surface area contributed by atoms with E-state index >= 15 is 0 Å². The van der Waals surface area contributed by atoms with Gasteiger partial charge in [0.2, 0.25) is 0 Å². The molecule has 106 valence electrons. The minimum atomic E-state index is -0.209. The van der Waals surface area contributed by atoms with Gasteiger partial charge in [-0.25, -0.2) is 4.39 Å². The SMILES string of the molecule is CN(CCc1ccncc1)Cc1cc(F)ccc1CN. The molecule has 1 aromatic heterocycles. The van der Waals surface area contributed by atoms with Gasteiger partial charge in [0.25, 0.3) is 0 Å². The van der Waals surface area contributed by atoms with Gasteiger partial charge in [0, 0.05) is 32.0 Å². The van der Waals surface area contributed by atoms with Crippen molar-refractivity contribution in [2.24, 2.45) is 5.73 Å². The summed E-state index contributed by atoms with van der Waals surface area (Å²) in [5.41, 5.74) is 8.91. The van der Waals surface area contributed by atoms with Crippen molar-refractivity contribution in [3.05, 3.63) is 65.2 Å². The average molecular weight is 273 g/mol. The first-order chi connectivity index (χ1) is 9.69. The summed E-state index contributed by atoms with van der Waals surface area (Å²) in [7, 11) is 2.03. The van der Waals surface area contributed by atoms with Crippen LogP contribution in [0.25, 0.3) is 0 Å². The number of hydrogen-bond acceptors (Lipinski definition) is 3. The van der Waals surface area contributed by atoms with E-state index in [0.29, 0.717) is 13.1 Å². The lowest BCUT2D eigenvalue weighted by Crippen LogP contribution is -2.22. The second kappa shape index (κ2) is 7.12. The summed E-state index contributed by atoms with van der Waals surface area (Å²) < 4.78 is 13.3. The number of pyridine rings is 1. The minimum Gasteiger partial charge on any atom is -0.326 e. The van der Waals surface area contributed by atoms with E-state index < -0.39 is 0 Å². The minimum absolute atomic E-state index is 0.209. The lowest BCUT2D eigenvalue weighted by Gasteiger charge is -2.18. The molecule has 0 aliphatic carbocycles. The van der Waals surface area contributed by atoms with Gasteiger partial charge in [-0.05, 0) is 54.4 Å². The molecule has 0 spiro atoms. The first-order valence-corrected chi connectivity index (χ1v) is 6.74. The third kappa shape index (κ3) is 4.11. The largest absolute Gasteiger partial charge is 0.326 e. The monoisotopic (exact) mass is 273 g/mol. The standard InChI is InChI=1S/C16H20FN3/c1-20(9-6-13-4-7-19-8-5-13)12-15-10-16(17)3-2-14(15)11-18/h2-5,7-8,10H,6,9,11-12,18H2,1H3. The predicted molar refractivity (Wildman–Crippen MR) is 78.6 cm³/mol. The zero-order valence-corrected chi connectivity index (χ0v) is 11.7. The van der Waals surface area contributed by atoms with Crippen molar-refractivity contribution in [3.8, 4) is 0 Å². The molecule has 2 N–H and O–H groups in total. The van der Waals surface area contributed by atoms with Crippen molar-refractivity contribution < 1.29 is 4.39 Å². The third-order valence-corrected chi connectivity index (χ3v) is 3.36. The number of aromatic nitrogens is 1. The van der Waals surface area contributed by atoms with Crippen molar-refractivity contribution in [1.82, 2.24) is 9.88 Å².